The lowest BCUT2D eigenvalue weighted by molar-refractivity contribution is -0.116. The van der Waals surface area contributed by atoms with E-state index in [0.29, 0.717) is 12.5 Å². The number of aliphatic hydroxyl groups is 1. The second-order valence-corrected chi connectivity index (χ2v) is 6.29. The summed E-state index contributed by atoms with van der Waals surface area (Å²) < 4.78 is 5.47. The Labute approximate surface area is 106 Å². The van der Waals surface area contributed by atoms with Gasteiger partial charge in [-0.15, -0.1) is 0 Å². The van der Waals surface area contributed by atoms with Gasteiger partial charge >= 0.3 is 0 Å². The number of fused-ring (bicyclic) bond motifs is 2. The van der Waals surface area contributed by atoms with Gasteiger partial charge in [-0.1, -0.05) is 27.2 Å². The van der Waals surface area contributed by atoms with Crippen LogP contribution in [0.2, 0.25) is 0 Å². The lowest BCUT2D eigenvalue weighted by Crippen LogP contribution is -2.28. The van der Waals surface area contributed by atoms with Crippen LogP contribution in [0.4, 0.5) is 0 Å². The van der Waals surface area contributed by atoms with Gasteiger partial charge in [-0.25, -0.2) is 0 Å². The Bertz CT molecular complexity index is 239. The molecule has 0 aromatic rings. The summed E-state index contributed by atoms with van der Waals surface area (Å²) in [5, 5.41) is 9.89. The van der Waals surface area contributed by atoms with Gasteiger partial charge in [0.15, 0.2) is 6.29 Å². The van der Waals surface area contributed by atoms with E-state index < -0.39 is 6.29 Å². The molecule has 0 amide bonds. The van der Waals surface area contributed by atoms with Crippen molar-refractivity contribution in [2.75, 3.05) is 6.61 Å². The van der Waals surface area contributed by atoms with E-state index in [1.54, 1.807) is 0 Å². The van der Waals surface area contributed by atoms with Crippen molar-refractivity contribution in [1.29, 1.82) is 0 Å². The Morgan fingerprint density at radius 2 is 2.00 bits per heavy atom. The molecule has 2 aliphatic rings. The van der Waals surface area contributed by atoms with Crippen LogP contribution in [0, 0.1) is 29.6 Å². The first-order chi connectivity index (χ1) is 8.13. The zero-order chi connectivity index (χ0) is 12.4. The molecule has 2 rings (SSSR count). The van der Waals surface area contributed by atoms with E-state index in [9.17, 15) is 5.11 Å². The smallest absolute Gasteiger partial charge is 0.154 e. The van der Waals surface area contributed by atoms with Gasteiger partial charge in [0.05, 0.1) is 0 Å². The van der Waals surface area contributed by atoms with Crippen LogP contribution < -0.4 is 0 Å². The van der Waals surface area contributed by atoms with Crippen LogP contribution in [-0.2, 0) is 4.74 Å². The van der Waals surface area contributed by atoms with Crippen LogP contribution in [-0.4, -0.2) is 18.0 Å². The predicted molar refractivity (Wildman–Crippen MR) is 69.5 cm³/mol. The average Bonchev–Trinajstić information content (AvgIpc) is 2.81. The minimum Gasteiger partial charge on any atom is -0.368 e. The summed E-state index contributed by atoms with van der Waals surface area (Å²) in [5.41, 5.74) is 0. The van der Waals surface area contributed by atoms with Crippen molar-refractivity contribution in [3.8, 4) is 0 Å². The molecule has 2 heteroatoms. The second-order valence-electron chi connectivity index (χ2n) is 6.29. The lowest BCUT2D eigenvalue weighted by atomic mass is 9.74. The first-order valence-corrected chi connectivity index (χ1v) is 7.43. The fourth-order valence-corrected chi connectivity index (χ4v) is 4.06. The minimum absolute atomic E-state index is 0.520. The van der Waals surface area contributed by atoms with Crippen LogP contribution in [0.3, 0.4) is 0 Å². The summed E-state index contributed by atoms with van der Waals surface area (Å²) in [6, 6.07) is 0. The number of hydrogen-bond acceptors (Lipinski definition) is 2. The number of rotatable bonds is 6. The Morgan fingerprint density at radius 1 is 1.24 bits per heavy atom. The molecule has 0 aromatic heterocycles. The van der Waals surface area contributed by atoms with Crippen LogP contribution in [0.5, 0.6) is 0 Å². The topological polar surface area (TPSA) is 29.5 Å². The van der Waals surface area contributed by atoms with Gasteiger partial charge in [0.1, 0.15) is 0 Å². The fourth-order valence-electron chi connectivity index (χ4n) is 4.06. The van der Waals surface area contributed by atoms with Crippen molar-refractivity contribution < 1.29 is 9.84 Å². The van der Waals surface area contributed by atoms with E-state index in [1.807, 2.05) is 0 Å². The van der Waals surface area contributed by atoms with Gasteiger partial charge in [0, 0.05) is 13.0 Å². The van der Waals surface area contributed by atoms with Gasteiger partial charge in [-0.2, -0.15) is 0 Å². The largest absolute Gasteiger partial charge is 0.368 e. The summed E-state index contributed by atoms with van der Waals surface area (Å²) in [5.74, 6) is 4.22. The van der Waals surface area contributed by atoms with Crippen LogP contribution in [0.1, 0.15) is 52.9 Å². The quantitative estimate of drug-likeness (QED) is 0.569. The van der Waals surface area contributed by atoms with Crippen molar-refractivity contribution in [1.82, 2.24) is 0 Å². The molecular weight excluding hydrogens is 212 g/mol. The molecule has 2 aliphatic carbocycles. The summed E-state index contributed by atoms with van der Waals surface area (Å²) in [6.45, 7) is 7.66. The molecule has 0 saturated heterocycles. The van der Waals surface area contributed by atoms with E-state index in [4.69, 9.17) is 4.74 Å². The van der Waals surface area contributed by atoms with Crippen molar-refractivity contribution >= 4 is 0 Å². The molecule has 0 heterocycles. The van der Waals surface area contributed by atoms with Gasteiger partial charge in [-0.05, 0) is 48.9 Å². The Morgan fingerprint density at radius 3 is 2.59 bits per heavy atom. The highest BCUT2D eigenvalue weighted by Crippen LogP contribution is 2.56. The summed E-state index contributed by atoms with van der Waals surface area (Å²) in [7, 11) is 0. The highest BCUT2D eigenvalue weighted by Gasteiger charge is 2.48. The van der Waals surface area contributed by atoms with Crippen LogP contribution >= 0.6 is 0 Å². The molecule has 0 radical (unpaired) electrons. The van der Waals surface area contributed by atoms with Crippen molar-refractivity contribution in [3.63, 3.8) is 0 Å². The number of hydrogen-bond donors (Lipinski definition) is 1. The maximum absolute atomic E-state index is 9.89. The first-order valence-electron chi connectivity index (χ1n) is 7.43. The number of unbranched alkanes of at least 4 members (excludes halogenated alkanes) is 1. The molecule has 0 spiro atoms. The summed E-state index contributed by atoms with van der Waals surface area (Å²) >= 11 is 0. The third kappa shape index (κ3) is 2.85. The molecular formula is C15H28O2. The third-order valence-electron chi connectivity index (χ3n) is 5.35. The SMILES string of the molecule is CCCCOC(O)CC1CC2CC1C(C)C2C. The molecule has 2 fully saturated rings. The molecule has 2 bridgehead atoms. The van der Waals surface area contributed by atoms with E-state index in [2.05, 4.69) is 20.8 Å². The Hall–Kier alpha value is -0.0800. The Kier molecular flexibility index (Phi) is 4.48. The molecule has 6 unspecified atom stereocenters. The molecule has 6 atom stereocenters. The van der Waals surface area contributed by atoms with Crippen LogP contribution in [0.15, 0.2) is 0 Å². The third-order valence-corrected chi connectivity index (χ3v) is 5.35. The molecule has 17 heavy (non-hydrogen) atoms. The molecule has 2 saturated carbocycles. The highest BCUT2D eigenvalue weighted by atomic mass is 16.6. The van der Waals surface area contributed by atoms with E-state index in [0.717, 1.165) is 42.9 Å². The molecule has 100 valence electrons. The Balaban J connectivity index is 1.74. The van der Waals surface area contributed by atoms with Crippen molar-refractivity contribution in [3.05, 3.63) is 0 Å². The summed E-state index contributed by atoms with van der Waals surface area (Å²) in [4.78, 5) is 0. The maximum Gasteiger partial charge on any atom is 0.154 e. The summed E-state index contributed by atoms with van der Waals surface area (Å²) in [6.07, 6.45) is 5.26. The second kappa shape index (κ2) is 5.71. The highest BCUT2D eigenvalue weighted by molar-refractivity contribution is 4.97. The lowest BCUT2D eigenvalue weighted by Gasteiger charge is -2.32. The van der Waals surface area contributed by atoms with Gasteiger partial charge in [-0.3, -0.25) is 0 Å². The van der Waals surface area contributed by atoms with Crippen molar-refractivity contribution in [2.45, 2.75) is 59.2 Å². The fraction of sp³-hybridized carbons (Fsp3) is 1.00. The monoisotopic (exact) mass is 240 g/mol. The number of ether oxygens (including phenoxy) is 1. The van der Waals surface area contributed by atoms with E-state index in [1.165, 1.54) is 12.8 Å². The predicted octanol–water partition coefficient (Wildman–Crippen LogP) is 3.44. The zero-order valence-corrected chi connectivity index (χ0v) is 11.6. The first kappa shape index (κ1) is 13.4. The molecule has 0 aromatic carbocycles. The number of aliphatic hydroxyl groups excluding tert-OH is 1. The maximum atomic E-state index is 9.89. The molecule has 0 aliphatic heterocycles. The standard InChI is InChI=1S/C15H28O2/c1-4-5-6-17-15(16)9-13-7-12-8-14(13)11(3)10(12)2/h10-16H,4-9H2,1-3H3. The molecule has 1 N–H and O–H groups in total. The van der Waals surface area contributed by atoms with E-state index in [-0.39, 0.29) is 0 Å². The van der Waals surface area contributed by atoms with Gasteiger partial charge in [0.25, 0.3) is 0 Å². The van der Waals surface area contributed by atoms with Crippen LogP contribution in [0.25, 0.3) is 0 Å². The van der Waals surface area contributed by atoms with Crippen molar-refractivity contribution in [2.24, 2.45) is 29.6 Å². The van der Waals surface area contributed by atoms with E-state index >= 15 is 0 Å². The van der Waals surface area contributed by atoms with Gasteiger partial charge in [0.2, 0.25) is 0 Å². The normalized spacial score (nSPS) is 42.0. The minimum atomic E-state index is -0.520. The van der Waals surface area contributed by atoms with Gasteiger partial charge < -0.3 is 9.84 Å². The average molecular weight is 240 g/mol. The zero-order valence-electron chi connectivity index (χ0n) is 11.6. The molecule has 2 nitrogen and oxygen atoms in total.